The average molecular weight is 236 g/mol. The molecule has 0 saturated heterocycles. The lowest BCUT2D eigenvalue weighted by Gasteiger charge is -2.34. The highest BCUT2D eigenvalue weighted by Crippen LogP contribution is 2.38. The SMILES string of the molecule is Cc1ccc2c(c1)N(CCCN)CC(C)S2. The van der Waals surface area contributed by atoms with E-state index in [-0.39, 0.29) is 0 Å². The van der Waals surface area contributed by atoms with Crippen molar-refractivity contribution in [3.8, 4) is 0 Å². The van der Waals surface area contributed by atoms with Crippen LogP contribution in [0.2, 0.25) is 0 Å². The Hall–Kier alpha value is -0.670. The highest BCUT2D eigenvalue weighted by molar-refractivity contribution is 8.00. The summed E-state index contributed by atoms with van der Waals surface area (Å²) in [6.07, 6.45) is 1.07. The molecule has 2 nitrogen and oxygen atoms in total. The molecule has 1 aromatic rings. The Labute approximate surface area is 102 Å². The van der Waals surface area contributed by atoms with Gasteiger partial charge < -0.3 is 10.6 Å². The van der Waals surface area contributed by atoms with E-state index in [1.165, 1.54) is 16.1 Å². The van der Waals surface area contributed by atoms with E-state index in [0.717, 1.165) is 26.1 Å². The van der Waals surface area contributed by atoms with E-state index in [9.17, 15) is 0 Å². The van der Waals surface area contributed by atoms with E-state index in [1.54, 1.807) is 0 Å². The zero-order chi connectivity index (χ0) is 11.5. The molecular formula is C13H20N2S. The minimum Gasteiger partial charge on any atom is -0.369 e. The predicted octanol–water partition coefficient (Wildman–Crippen LogP) is 2.64. The number of fused-ring (bicyclic) bond motifs is 1. The summed E-state index contributed by atoms with van der Waals surface area (Å²) in [7, 11) is 0. The van der Waals surface area contributed by atoms with E-state index < -0.39 is 0 Å². The fraction of sp³-hybridized carbons (Fsp3) is 0.538. The van der Waals surface area contributed by atoms with Crippen LogP contribution >= 0.6 is 11.8 Å². The summed E-state index contributed by atoms with van der Waals surface area (Å²) >= 11 is 1.98. The van der Waals surface area contributed by atoms with Gasteiger partial charge in [-0.05, 0) is 37.6 Å². The number of nitrogens with zero attached hydrogens (tertiary/aromatic N) is 1. The van der Waals surface area contributed by atoms with Crippen LogP contribution in [-0.2, 0) is 0 Å². The monoisotopic (exact) mass is 236 g/mol. The van der Waals surface area contributed by atoms with Gasteiger partial charge in [-0.1, -0.05) is 13.0 Å². The molecule has 0 bridgehead atoms. The molecule has 1 atom stereocenters. The third kappa shape index (κ3) is 2.53. The number of anilines is 1. The Morgan fingerprint density at radius 1 is 1.50 bits per heavy atom. The molecule has 0 radical (unpaired) electrons. The second-order valence-electron chi connectivity index (χ2n) is 4.49. The molecule has 0 spiro atoms. The van der Waals surface area contributed by atoms with Crippen molar-refractivity contribution < 1.29 is 0 Å². The topological polar surface area (TPSA) is 29.3 Å². The normalized spacial score (nSPS) is 19.7. The lowest BCUT2D eigenvalue weighted by Crippen LogP contribution is -2.34. The second-order valence-corrected chi connectivity index (χ2v) is 5.97. The molecule has 0 aliphatic carbocycles. The number of hydrogen-bond acceptors (Lipinski definition) is 3. The summed E-state index contributed by atoms with van der Waals surface area (Å²) in [6.45, 7) is 7.45. The van der Waals surface area contributed by atoms with Crippen molar-refractivity contribution in [1.82, 2.24) is 0 Å². The molecule has 1 unspecified atom stereocenters. The van der Waals surface area contributed by atoms with E-state index in [0.29, 0.717) is 5.25 Å². The van der Waals surface area contributed by atoms with Gasteiger partial charge in [-0.3, -0.25) is 0 Å². The van der Waals surface area contributed by atoms with Gasteiger partial charge in [0.25, 0.3) is 0 Å². The fourth-order valence-corrected chi connectivity index (χ4v) is 3.27. The quantitative estimate of drug-likeness (QED) is 0.875. The minimum atomic E-state index is 0.674. The van der Waals surface area contributed by atoms with Crippen LogP contribution in [0.1, 0.15) is 18.9 Å². The number of thioether (sulfide) groups is 1. The lowest BCUT2D eigenvalue weighted by molar-refractivity contribution is 0.713. The van der Waals surface area contributed by atoms with Gasteiger partial charge in [0.2, 0.25) is 0 Å². The van der Waals surface area contributed by atoms with Crippen molar-refractivity contribution in [3.05, 3.63) is 23.8 Å². The van der Waals surface area contributed by atoms with Crippen LogP contribution in [0.5, 0.6) is 0 Å². The van der Waals surface area contributed by atoms with Gasteiger partial charge in [-0.2, -0.15) is 0 Å². The molecule has 0 saturated carbocycles. The van der Waals surface area contributed by atoms with Gasteiger partial charge in [0.15, 0.2) is 0 Å². The third-order valence-corrected chi connectivity index (χ3v) is 4.04. The Morgan fingerprint density at radius 2 is 2.31 bits per heavy atom. The van der Waals surface area contributed by atoms with Crippen LogP contribution in [-0.4, -0.2) is 24.9 Å². The maximum Gasteiger partial charge on any atom is 0.0507 e. The van der Waals surface area contributed by atoms with Gasteiger partial charge in [0, 0.05) is 23.2 Å². The molecule has 0 fully saturated rings. The van der Waals surface area contributed by atoms with Crippen molar-refractivity contribution in [2.24, 2.45) is 5.73 Å². The predicted molar refractivity (Wildman–Crippen MR) is 72.4 cm³/mol. The molecule has 1 heterocycles. The van der Waals surface area contributed by atoms with Crippen LogP contribution < -0.4 is 10.6 Å². The Balaban J connectivity index is 2.24. The van der Waals surface area contributed by atoms with E-state index in [4.69, 9.17) is 5.73 Å². The lowest BCUT2D eigenvalue weighted by atomic mass is 10.2. The van der Waals surface area contributed by atoms with Crippen LogP contribution in [0.3, 0.4) is 0 Å². The van der Waals surface area contributed by atoms with Gasteiger partial charge in [0.05, 0.1) is 5.69 Å². The Morgan fingerprint density at radius 3 is 3.06 bits per heavy atom. The zero-order valence-corrected chi connectivity index (χ0v) is 10.9. The number of aryl methyl sites for hydroxylation is 1. The van der Waals surface area contributed by atoms with Crippen molar-refractivity contribution in [2.45, 2.75) is 30.4 Å². The van der Waals surface area contributed by atoms with Gasteiger partial charge in [-0.15, -0.1) is 11.8 Å². The van der Waals surface area contributed by atoms with Crippen LogP contribution in [0, 0.1) is 6.92 Å². The van der Waals surface area contributed by atoms with Gasteiger partial charge >= 0.3 is 0 Å². The van der Waals surface area contributed by atoms with E-state index in [1.807, 2.05) is 11.8 Å². The molecule has 1 aliphatic rings. The molecule has 2 N–H and O–H groups in total. The smallest absolute Gasteiger partial charge is 0.0507 e. The minimum absolute atomic E-state index is 0.674. The van der Waals surface area contributed by atoms with Crippen LogP contribution in [0.25, 0.3) is 0 Å². The summed E-state index contributed by atoms with van der Waals surface area (Å²) in [6, 6.07) is 6.75. The first-order valence-electron chi connectivity index (χ1n) is 5.93. The Kier molecular flexibility index (Phi) is 3.77. The molecule has 0 amide bonds. The molecule has 16 heavy (non-hydrogen) atoms. The molecular weight excluding hydrogens is 216 g/mol. The van der Waals surface area contributed by atoms with Crippen molar-refractivity contribution in [2.75, 3.05) is 24.5 Å². The number of rotatable bonds is 3. The van der Waals surface area contributed by atoms with E-state index in [2.05, 4.69) is 36.9 Å². The highest BCUT2D eigenvalue weighted by Gasteiger charge is 2.21. The number of benzene rings is 1. The van der Waals surface area contributed by atoms with E-state index >= 15 is 0 Å². The second kappa shape index (κ2) is 5.11. The molecule has 2 rings (SSSR count). The summed E-state index contributed by atoms with van der Waals surface area (Å²) < 4.78 is 0. The first kappa shape index (κ1) is 11.8. The van der Waals surface area contributed by atoms with Crippen molar-refractivity contribution in [1.29, 1.82) is 0 Å². The average Bonchev–Trinajstić information content (AvgIpc) is 2.26. The maximum atomic E-state index is 5.60. The molecule has 88 valence electrons. The van der Waals surface area contributed by atoms with Crippen LogP contribution in [0.4, 0.5) is 5.69 Å². The molecule has 1 aliphatic heterocycles. The maximum absolute atomic E-state index is 5.60. The summed E-state index contributed by atoms with van der Waals surface area (Å²) in [5.74, 6) is 0. The highest BCUT2D eigenvalue weighted by atomic mass is 32.2. The summed E-state index contributed by atoms with van der Waals surface area (Å²) in [5, 5.41) is 0.674. The number of hydrogen-bond donors (Lipinski definition) is 1. The van der Waals surface area contributed by atoms with Gasteiger partial charge in [-0.25, -0.2) is 0 Å². The molecule has 3 heteroatoms. The molecule has 0 aromatic heterocycles. The largest absolute Gasteiger partial charge is 0.369 e. The van der Waals surface area contributed by atoms with Crippen molar-refractivity contribution in [3.63, 3.8) is 0 Å². The summed E-state index contributed by atoms with van der Waals surface area (Å²) in [4.78, 5) is 3.90. The number of nitrogens with two attached hydrogens (primary N) is 1. The fourth-order valence-electron chi connectivity index (χ4n) is 2.13. The Bertz CT molecular complexity index is 365. The van der Waals surface area contributed by atoms with Crippen molar-refractivity contribution >= 4 is 17.4 Å². The van der Waals surface area contributed by atoms with Crippen LogP contribution in [0.15, 0.2) is 23.1 Å². The first-order valence-corrected chi connectivity index (χ1v) is 6.81. The summed E-state index contributed by atoms with van der Waals surface area (Å²) in [5.41, 5.74) is 8.34. The first-order chi connectivity index (χ1) is 7.70. The third-order valence-electron chi connectivity index (χ3n) is 2.89. The standard InChI is InChI=1S/C13H20N2S/c1-10-4-5-13-12(8-10)15(7-3-6-14)9-11(2)16-13/h4-5,8,11H,3,6-7,9,14H2,1-2H3. The molecule has 1 aromatic carbocycles. The zero-order valence-electron chi connectivity index (χ0n) is 10.1. The van der Waals surface area contributed by atoms with Gasteiger partial charge in [0.1, 0.15) is 0 Å².